The van der Waals surface area contributed by atoms with Crippen LogP contribution in [-0.4, -0.2) is 27.0 Å². The molecule has 4 rings (SSSR count). The lowest BCUT2D eigenvalue weighted by molar-refractivity contribution is 0.100. The third kappa shape index (κ3) is 5.14. The molecule has 3 aromatic rings. The predicted molar refractivity (Wildman–Crippen MR) is 122 cm³/mol. The number of carbonyl (C=O) groups excluding carboxylic acids is 1. The maximum Gasteiger partial charge on any atom is 0.252 e. The number of amides is 1. The number of hydrogen-bond donors (Lipinski definition) is 4. The minimum Gasteiger partial charge on any atom is -0.506 e. The number of anilines is 2. The van der Waals surface area contributed by atoms with Gasteiger partial charge in [0.2, 0.25) is 0 Å². The number of hydrogen-bond acceptors (Lipinski definition) is 6. The van der Waals surface area contributed by atoms with Gasteiger partial charge in [-0.25, -0.2) is 14.4 Å². The van der Waals surface area contributed by atoms with Crippen LogP contribution >= 0.6 is 0 Å². The van der Waals surface area contributed by atoms with Crippen molar-refractivity contribution in [2.75, 3.05) is 10.6 Å². The zero-order chi connectivity index (χ0) is 22.5. The first kappa shape index (κ1) is 21.5. The lowest BCUT2D eigenvalue weighted by Crippen LogP contribution is -2.22. The molecule has 8 heteroatoms. The molecule has 0 bridgehead atoms. The molecule has 1 aromatic carbocycles. The molecule has 0 spiro atoms. The second kappa shape index (κ2) is 9.64. The number of aromatic nitrogens is 2. The number of rotatable bonds is 7. The van der Waals surface area contributed by atoms with Gasteiger partial charge in [-0.1, -0.05) is 31.4 Å². The van der Waals surface area contributed by atoms with Crippen molar-refractivity contribution in [3.63, 3.8) is 0 Å². The molecule has 1 aliphatic carbocycles. The summed E-state index contributed by atoms with van der Waals surface area (Å²) in [5.74, 6) is -0.0724. The molecule has 1 fully saturated rings. The summed E-state index contributed by atoms with van der Waals surface area (Å²) in [5, 5.41) is 16.9. The van der Waals surface area contributed by atoms with Gasteiger partial charge in [-0.05, 0) is 48.7 Å². The fraction of sp³-hybridized carbons (Fsp3) is 0.292. The van der Waals surface area contributed by atoms with Crippen LogP contribution in [0, 0.1) is 5.82 Å². The Bertz CT molecular complexity index is 1120. The number of primary amides is 1. The maximum atomic E-state index is 13.5. The van der Waals surface area contributed by atoms with Gasteiger partial charge < -0.3 is 21.5 Å². The molecule has 1 amide bonds. The number of benzene rings is 1. The van der Waals surface area contributed by atoms with Crippen LogP contribution < -0.4 is 16.4 Å². The van der Waals surface area contributed by atoms with Crippen molar-refractivity contribution < 1.29 is 14.3 Å². The molecule has 166 valence electrons. The van der Waals surface area contributed by atoms with Crippen LogP contribution in [0.1, 0.15) is 48.0 Å². The summed E-state index contributed by atoms with van der Waals surface area (Å²) in [4.78, 5) is 20.7. The summed E-state index contributed by atoms with van der Waals surface area (Å²) in [6.45, 7) is 0.255. The summed E-state index contributed by atoms with van der Waals surface area (Å²) in [7, 11) is 0. The van der Waals surface area contributed by atoms with Crippen LogP contribution in [0.3, 0.4) is 0 Å². The zero-order valence-electron chi connectivity index (χ0n) is 17.6. The summed E-state index contributed by atoms with van der Waals surface area (Å²) in [5.41, 5.74) is 7.36. The Hall–Kier alpha value is -3.68. The highest BCUT2D eigenvalue weighted by Crippen LogP contribution is 2.32. The second-order valence-electron chi connectivity index (χ2n) is 8.01. The lowest BCUT2D eigenvalue weighted by atomic mass is 9.95. The molecule has 7 nitrogen and oxygen atoms in total. The fourth-order valence-corrected chi connectivity index (χ4v) is 3.96. The van der Waals surface area contributed by atoms with Gasteiger partial charge in [0.1, 0.15) is 23.2 Å². The number of nitrogens with two attached hydrogens (primary N) is 1. The average molecular weight is 436 g/mol. The zero-order valence-corrected chi connectivity index (χ0v) is 17.6. The van der Waals surface area contributed by atoms with E-state index in [2.05, 4.69) is 20.6 Å². The van der Waals surface area contributed by atoms with Gasteiger partial charge in [0.05, 0.1) is 17.5 Å². The Labute approximate surface area is 185 Å². The van der Waals surface area contributed by atoms with Crippen LogP contribution in [0.15, 0.2) is 48.7 Å². The predicted octanol–water partition coefficient (Wildman–Crippen LogP) is 4.44. The first-order valence-electron chi connectivity index (χ1n) is 10.7. The maximum absolute atomic E-state index is 13.5. The third-order valence-electron chi connectivity index (χ3n) is 5.63. The average Bonchev–Trinajstić information content (AvgIpc) is 2.79. The quantitative estimate of drug-likeness (QED) is 0.436. The van der Waals surface area contributed by atoms with Crippen molar-refractivity contribution >= 4 is 17.5 Å². The molecule has 0 saturated heterocycles. The van der Waals surface area contributed by atoms with E-state index < -0.39 is 5.91 Å². The molecule has 2 aromatic heterocycles. The van der Waals surface area contributed by atoms with Crippen molar-refractivity contribution in [3.8, 4) is 17.0 Å². The topological polar surface area (TPSA) is 113 Å². The van der Waals surface area contributed by atoms with Gasteiger partial charge in [0.25, 0.3) is 5.91 Å². The molecule has 0 unspecified atom stereocenters. The van der Waals surface area contributed by atoms with E-state index in [-0.39, 0.29) is 29.5 Å². The Kier molecular flexibility index (Phi) is 6.49. The Morgan fingerprint density at radius 1 is 1.16 bits per heavy atom. The van der Waals surface area contributed by atoms with Crippen molar-refractivity contribution in [1.82, 2.24) is 9.97 Å². The number of nitrogens with one attached hydrogen (secondary N) is 2. The molecule has 2 heterocycles. The first-order valence-corrected chi connectivity index (χ1v) is 10.7. The van der Waals surface area contributed by atoms with E-state index in [1.165, 1.54) is 37.6 Å². The molecule has 1 saturated carbocycles. The van der Waals surface area contributed by atoms with Gasteiger partial charge >= 0.3 is 0 Å². The fourth-order valence-electron chi connectivity index (χ4n) is 3.96. The SMILES string of the molecule is NC(=O)c1ccc(-c2cc(NC3CCCCC3)ncc2O)nc1NCc1cccc(F)c1. The van der Waals surface area contributed by atoms with E-state index >= 15 is 0 Å². The van der Waals surface area contributed by atoms with Crippen molar-refractivity contribution in [2.24, 2.45) is 5.73 Å². The second-order valence-corrected chi connectivity index (χ2v) is 8.01. The highest BCUT2D eigenvalue weighted by Gasteiger charge is 2.17. The Morgan fingerprint density at radius 2 is 1.97 bits per heavy atom. The molecule has 5 N–H and O–H groups in total. The number of aromatic hydroxyl groups is 1. The van der Waals surface area contributed by atoms with E-state index in [0.29, 0.717) is 28.7 Å². The van der Waals surface area contributed by atoms with Gasteiger partial charge in [-0.3, -0.25) is 4.79 Å². The number of pyridine rings is 2. The first-order chi connectivity index (χ1) is 15.5. The van der Waals surface area contributed by atoms with Gasteiger partial charge in [0.15, 0.2) is 0 Å². The Morgan fingerprint density at radius 3 is 2.72 bits per heavy atom. The molecule has 0 atom stereocenters. The molecule has 1 aliphatic rings. The molecular formula is C24H26FN5O2. The number of carbonyl (C=O) groups is 1. The van der Waals surface area contributed by atoms with Crippen LogP contribution in [0.4, 0.5) is 16.0 Å². The van der Waals surface area contributed by atoms with Crippen molar-refractivity contribution in [1.29, 1.82) is 0 Å². The van der Waals surface area contributed by atoms with Crippen LogP contribution in [0.25, 0.3) is 11.3 Å². The normalized spacial score (nSPS) is 14.2. The van der Waals surface area contributed by atoms with E-state index in [1.807, 2.05) is 0 Å². The van der Waals surface area contributed by atoms with Crippen molar-refractivity contribution in [3.05, 3.63) is 65.6 Å². The molecule has 0 aliphatic heterocycles. The largest absolute Gasteiger partial charge is 0.506 e. The lowest BCUT2D eigenvalue weighted by Gasteiger charge is -2.23. The summed E-state index contributed by atoms with van der Waals surface area (Å²) >= 11 is 0. The van der Waals surface area contributed by atoms with Gasteiger partial charge in [-0.2, -0.15) is 0 Å². The van der Waals surface area contributed by atoms with Crippen LogP contribution in [-0.2, 0) is 6.54 Å². The van der Waals surface area contributed by atoms with E-state index in [0.717, 1.165) is 12.8 Å². The van der Waals surface area contributed by atoms with Crippen LogP contribution in [0.5, 0.6) is 5.75 Å². The number of nitrogens with zero attached hydrogens (tertiary/aromatic N) is 2. The van der Waals surface area contributed by atoms with Crippen molar-refractivity contribution in [2.45, 2.75) is 44.7 Å². The van der Waals surface area contributed by atoms with Crippen LogP contribution in [0.2, 0.25) is 0 Å². The third-order valence-corrected chi connectivity index (χ3v) is 5.63. The molecular weight excluding hydrogens is 409 g/mol. The van der Waals surface area contributed by atoms with Gasteiger partial charge in [0, 0.05) is 18.2 Å². The summed E-state index contributed by atoms with van der Waals surface area (Å²) < 4.78 is 13.5. The minimum absolute atomic E-state index is 0.0189. The molecule has 32 heavy (non-hydrogen) atoms. The van der Waals surface area contributed by atoms with E-state index in [4.69, 9.17) is 5.73 Å². The monoisotopic (exact) mass is 435 g/mol. The minimum atomic E-state index is -0.635. The summed E-state index contributed by atoms with van der Waals surface area (Å²) in [6, 6.07) is 11.5. The standard InChI is InChI=1S/C24H26FN5O2/c25-16-6-4-5-15(11-16)13-28-24-18(23(26)32)9-10-20(30-24)19-12-22(27-14-21(19)31)29-17-7-2-1-3-8-17/h4-6,9-12,14,17,31H,1-3,7-8,13H2,(H2,26,32)(H,27,29)(H,28,30). The molecule has 0 radical (unpaired) electrons. The van der Waals surface area contributed by atoms with E-state index in [9.17, 15) is 14.3 Å². The summed E-state index contributed by atoms with van der Waals surface area (Å²) in [6.07, 6.45) is 7.23. The highest BCUT2D eigenvalue weighted by molar-refractivity contribution is 5.98. The Balaban J connectivity index is 1.61. The number of halogens is 1. The van der Waals surface area contributed by atoms with E-state index in [1.54, 1.807) is 30.3 Å². The highest BCUT2D eigenvalue weighted by atomic mass is 19.1. The van der Waals surface area contributed by atoms with Gasteiger partial charge in [-0.15, -0.1) is 0 Å². The smallest absolute Gasteiger partial charge is 0.252 e.